The third-order valence-corrected chi connectivity index (χ3v) is 2.89. The average Bonchev–Trinajstić information content (AvgIpc) is 2.49. The van der Waals surface area contributed by atoms with Gasteiger partial charge in [0.15, 0.2) is 0 Å². The van der Waals surface area contributed by atoms with Crippen LogP contribution in [0.5, 0.6) is 5.75 Å². The Morgan fingerprint density at radius 3 is 2.75 bits per heavy atom. The molecule has 0 spiro atoms. The molecule has 20 heavy (non-hydrogen) atoms. The maximum Gasteiger partial charge on any atom is 0.256 e. The number of pyridine rings is 1. The molecule has 0 bridgehead atoms. The van der Waals surface area contributed by atoms with Gasteiger partial charge in [0.25, 0.3) is 5.91 Å². The summed E-state index contributed by atoms with van der Waals surface area (Å²) in [6, 6.07) is 11.1. The molecule has 2 aromatic rings. The number of hydrogen-bond acceptors (Lipinski definition) is 3. The van der Waals surface area contributed by atoms with Crippen LogP contribution in [0.4, 0.5) is 5.82 Å². The Labute approximate surface area is 118 Å². The summed E-state index contributed by atoms with van der Waals surface area (Å²) in [4.78, 5) is 16.3. The number of carbonyl (C=O) groups excluding carboxylic acids is 1. The molecule has 1 aromatic carbocycles. The first kappa shape index (κ1) is 14.1. The van der Waals surface area contributed by atoms with Gasteiger partial charge in [-0.15, -0.1) is 0 Å². The maximum absolute atomic E-state index is 12.1. The number of nitrogens with one attached hydrogen (secondary N) is 1. The molecule has 1 N–H and O–H groups in total. The molecule has 0 unspecified atom stereocenters. The second-order valence-electron chi connectivity index (χ2n) is 4.32. The normalized spacial score (nSPS) is 10.1. The summed E-state index contributed by atoms with van der Waals surface area (Å²) >= 11 is 0. The van der Waals surface area contributed by atoms with Crippen LogP contribution in [0.3, 0.4) is 0 Å². The van der Waals surface area contributed by atoms with Gasteiger partial charge in [0.2, 0.25) is 0 Å². The largest absolute Gasteiger partial charge is 0.492 e. The van der Waals surface area contributed by atoms with Crippen molar-refractivity contribution in [3.8, 4) is 5.75 Å². The van der Waals surface area contributed by atoms with Gasteiger partial charge in [-0.25, -0.2) is 4.98 Å². The van der Waals surface area contributed by atoms with Crippen LogP contribution in [-0.2, 0) is 6.42 Å². The van der Waals surface area contributed by atoms with Crippen molar-refractivity contribution in [3.05, 3.63) is 53.7 Å². The third-order valence-electron chi connectivity index (χ3n) is 2.89. The number of aromatic nitrogens is 1. The molecule has 4 heteroatoms. The molecule has 0 atom stereocenters. The van der Waals surface area contributed by atoms with Crippen LogP contribution >= 0.6 is 0 Å². The minimum absolute atomic E-state index is 0.156. The molecule has 2 rings (SSSR count). The van der Waals surface area contributed by atoms with Crippen molar-refractivity contribution in [2.75, 3.05) is 11.9 Å². The first-order chi connectivity index (χ1) is 9.72. The van der Waals surface area contributed by atoms with E-state index in [9.17, 15) is 4.79 Å². The molecule has 0 aliphatic heterocycles. The lowest BCUT2D eigenvalue weighted by atomic mass is 10.1. The van der Waals surface area contributed by atoms with E-state index in [1.54, 1.807) is 24.4 Å². The summed E-state index contributed by atoms with van der Waals surface area (Å²) in [6.07, 6.45) is 2.50. The second-order valence-corrected chi connectivity index (χ2v) is 4.32. The van der Waals surface area contributed by atoms with Gasteiger partial charge < -0.3 is 10.1 Å². The van der Waals surface area contributed by atoms with Crippen LogP contribution in [0.15, 0.2) is 42.6 Å². The predicted molar refractivity (Wildman–Crippen MR) is 79.2 cm³/mol. The topological polar surface area (TPSA) is 51.2 Å². The molecule has 0 saturated carbocycles. The quantitative estimate of drug-likeness (QED) is 0.907. The molecule has 1 aromatic heterocycles. The molecule has 4 nitrogen and oxygen atoms in total. The van der Waals surface area contributed by atoms with Gasteiger partial charge in [0.1, 0.15) is 11.6 Å². The van der Waals surface area contributed by atoms with Crippen LogP contribution in [0.2, 0.25) is 0 Å². The Morgan fingerprint density at radius 1 is 1.25 bits per heavy atom. The van der Waals surface area contributed by atoms with E-state index >= 15 is 0 Å². The van der Waals surface area contributed by atoms with Crippen molar-refractivity contribution in [1.29, 1.82) is 0 Å². The predicted octanol–water partition coefficient (Wildman–Crippen LogP) is 3.30. The Bertz CT molecular complexity index is 579. The molecular weight excluding hydrogens is 252 g/mol. The fourth-order valence-electron chi connectivity index (χ4n) is 1.83. The molecule has 0 fully saturated rings. The lowest BCUT2D eigenvalue weighted by Crippen LogP contribution is -2.13. The zero-order valence-corrected chi connectivity index (χ0v) is 11.7. The van der Waals surface area contributed by atoms with E-state index in [0.717, 1.165) is 12.0 Å². The number of aryl methyl sites for hydroxylation is 1. The SMILES string of the molecule is CCOc1ccc(NC(=O)c2cccc(CC)c2)nc1. The molecule has 1 heterocycles. The number of benzene rings is 1. The van der Waals surface area contributed by atoms with Gasteiger partial charge >= 0.3 is 0 Å². The standard InChI is InChI=1S/C16H18N2O2/c1-3-12-6-5-7-13(10-12)16(19)18-15-9-8-14(11-17-15)20-4-2/h5-11H,3-4H2,1-2H3,(H,17,18,19). The van der Waals surface area contributed by atoms with Crippen molar-refractivity contribution < 1.29 is 9.53 Å². The van der Waals surface area contributed by atoms with E-state index in [1.165, 1.54) is 0 Å². The minimum atomic E-state index is -0.156. The van der Waals surface area contributed by atoms with E-state index in [-0.39, 0.29) is 5.91 Å². The average molecular weight is 270 g/mol. The monoisotopic (exact) mass is 270 g/mol. The number of carbonyl (C=O) groups is 1. The van der Waals surface area contributed by atoms with Crippen LogP contribution in [-0.4, -0.2) is 17.5 Å². The number of anilines is 1. The highest BCUT2D eigenvalue weighted by molar-refractivity contribution is 6.03. The minimum Gasteiger partial charge on any atom is -0.492 e. The fourth-order valence-corrected chi connectivity index (χ4v) is 1.83. The number of ether oxygens (including phenoxy) is 1. The van der Waals surface area contributed by atoms with E-state index in [1.807, 2.05) is 25.1 Å². The fraction of sp³-hybridized carbons (Fsp3) is 0.250. The van der Waals surface area contributed by atoms with Crippen LogP contribution in [0.25, 0.3) is 0 Å². The Morgan fingerprint density at radius 2 is 2.10 bits per heavy atom. The summed E-state index contributed by atoms with van der Waals surface area (Å²) < 4.78 is 5.31. The molecule has 0 aliphatic carbocycles. The molecule has 0 saturated heterocycles. The highest BCUT2D eigenvalue weighted by atomic mass is 16.5. The molecular formula is C16H18N2O2. The van der Waals surface area contributed by atoms with Crippen molar-refractivity contribution in [3.63, 3.8) is 0 Å². The van der Waals surface area contributed by atoms with Crippen molar-refractivity contribution in [2.45, 2.75) is 20.3 Å². The van der Waals surface area contributed by atoms with E-state index in [2.05, 4.69) is 17.2 Å². The van der Waals surface area contributed by atoms with Crippen LogP contribution in [0, 0.1) is 0 Å². The highest BCUT2D eigenvalue weighted by Crippen LogP contribution is 2.13. The van der Waals surface area contributed by atoms with Crippen molar-refractivity contribution in [1.82, 2.24) is 4.98 Å². The van der Waals surface area contributed by atoms with Gasteiger partial charge in [-0.3, -0.25) is 4.79 Å². The smallest absolute Gasteiger partial charge is 0.256 e. The zero-order valence-electron chi connectivity index (χ0n) is 11.7. The van der Waals surface area contributed by atoms with E-state index in [0.29, 0.717) is 23.7 Å². The molecule has 1 amide bonds. The number of amides is 1. The highest BCUT2D eigenvalue weighted by Gasteiger charge is 2.07. The third kappa shape index (κ3) is 3.57. The van der Waals surface area contributed by atoms with E-state index < -0.39 is 0 Å². The Balaban J connectivity index is 2.06. The van der Waals surface area contributed by atoms with Gasteiger partial charge in [-0.1, -0.05) is 19.1 Å². The molecule has 0 aliphatic rings. The molecule has 0 radical (unpaired) electrons. The number of hydrogen-bond donors (Lipinski definition) is 1. The zero-order chi connectivity index (χ0) is 14.4. The first-order valence-corrected chi connectivity index (χ1v) is 6.72. The summed E-state index contributed by atoms with van der Waals surface area (Å²) in [6.45, 7) is 4.57. The lowest BCUT2D eigenvalue weighted by molar-refractivity contribution is 0.102. The first-order valence-electron chi connectivity index (χ1n) is 6.72. The van der Waals surface area contributed by atoms with Crippen LogP contribution in [0.1, 0.15) is 29.8 Å². The van der Waals surface area contributed by atoms with Crippen LogP contribution < -0.4 is 10.1 Å². The lowest BCUT2D eigenvalue weighted by Gasteiger charge is -2.07. The van der Waals surface area contributed by atoms with E-state index in [4.69, 9.17) is 4.74 Å². The second kappa shape index (κ2) is 6.70. The van der Waals surface area contributed by atoms with Gasteiger partial charge in [-0.05, 0) is 43.2 Å². The number of nitrogens with zero attached hydrogens (tertiary/aromatic N) is 1. The maximum atomic E-state index is 12.1. The summed E-state index contributed by atoms with van der Waals surface area (Å²) in [5.41, 5.74) is 1.78. The van der Waals surface area contributed by atoms with Crippen molar-refractivity contribution >= 4 is 11.7 Å². The van der Waals surface area contributed by atoms with Crippen molar-refractivity contribution in [2.24, 2.45) is 0 Å². The summed E-state index contributed by atoms with van der Waals surface area (Å²) in [5, 5.41) is 2.77. The molecule has 104 valence electrons. The number of rotatable bonds is 5. The van der Waals surface area contributed by atoms with Gasteiger partial charge in [0.05, 0.1) is 12.8 Å². The summed E-state index contributed by atoms with van der Waals surface area (Å²) in [7, 11) is 0. The van der Waals surface area contributed by atoms with Gasteiger partial charge in [0, 0.05) is 5.56 Å². The summed E-state index contributed by atoms with van der Waals surface area (Å²) in [5.74, 6) is 1.05. The van der Waals surface area contributed by atoms with Gasteiger partial charge in [-0.2, -0.15) is 0 Å². The Hall–Kier alpha value is -2.36. The Kier molecular flexibility index (Phi) is 4.71.